The number of hydrogen-bond donors (Lipinski definition) is 6. The first-order chi connectivity index (χ1) is 6.93. The first kappa shape index (κ1) is 12.1. The Hall–Kier alpha value is -0.930. The van der Waals surface area contributed by atoms with Crippen molar-refractivity contribution in [3.8, 4) is 0 Å². The number of aliphatic imine (C=N–C) groups is 1. The largest absolute Gasteiger partial charge is 0.388 e. The zero-order valence-corrected chi connectivity index (χ0v) is 7.89. The minimum absolute atomic E-state index is 0.107. The molecule has 0 spiro atoms. The van der Waals surface area contributed by atoms with Gasteiger partial charge in [-0.15, -0.1) is 0 Å². The number of guanidine groups is 1. The third-order valence-corrected chi connectivity index (χ3v) is 2.14. The zero-order valence-electron chi connectivity index (χ0n) is 7.89. The summed E-state index contributed by atoms with van der Waals surface area (Å²) in [5, 5.41) is 37.0. The van der Waals surface area contributed by atoms with E-state index in [9.17, 15) is 10.2 Å². The summed E-state index contributed by atoms with van der Waals surface area (Å²) in [6, 6.07) is 0. The number of nitrogens with two attached hydrogens (primary N) is 2. The van der Waals surface area contributed by atoms with Gasteiger partial charge in [-0.25, -0.2) is 0 Å². The Labute approximate surface area is 85.8 Å². The molecular formula is C7H15N3O5. The standard InChI is InChI=1S/C7H15N3O5/c8-7(9)10-1-2-3(11)4(12)5(13)6(14)15-2/h2-6,11-14H,1H2,(H4,8,9,10)/t2-,3-,4+,5+,6+/m1/s1. The Morgan fingerprint density at radius 1 is 1.07 bits per heavy atom. The fraction of sp³-hybridized carbons (Fsp3) is 0.857. The van der Waals surface area contributed by atoms with Crippen molar-refractivity contribution in [2.75, 3.05) is 6.54 Å². The van der Waals surface area contributed by atoms with Crippen molar-refractivity contribution in [3.63, 3.8) is 0 Å². The molecule has 1 fully saturated rings. The second-order valence-corrected chi connectivity index (χ2v) is 3.30. The molecule has 88 valence electrons. The highest BCUT2D eigenvalue weighted by Crippen LogP contribution is 2.19. The molecule has 1 aliphatic heterocycles. The van der Waals surface area contributed by atoms with E-state index in [4.69, 9.17) is 26.4 Å². The fourth-order valence-corrected chi connectivity index (χ4v) is 1.28. The van der Waals surface area contributed by atoms with Gasteiger partial charge in [-0.05, 0) is 0 Å². The predicted octanol–water partition coefficient (Wildman–Crippen LogP) is -3.94. The minimum Gasteiger partial charge on any atom is -0.388 e. The molecule has 1 saturated heterocycles. The van der Waals surface area contributed by atoms with Gasteiger partial charge in [0.25, 0.3) is 0 Å². The molecule has 0 saturated carbocycles. The van der Waals surface area contributed by atoms with Crippen LogP contribution < -0.4 is 11.5 Å². The van der Waals surface area contributed by atoms with Gasteiger partial charge in [0.1, 0.15) is 24.4 Å². The normalized spacial score (nSPS) is 41.2. The number of nitrogens with zero attached hydrogens (tertiary/aromatic N) is 1. The van der Waals surface area contributed by atoms with E-state index < -0.39 is 30.7 Å². The SMILES string of the molecule is NC(N)=NC[C@H]1O[C@H](O)[C@@H](O)[C@@H](O)[C@@H]1O. The predicted molar refractivity (Wildman–Crippen MR) is 49.6 cm³/mol. The molecule has 5 atom stereocenters. The van der Waals surface area contributed by atoms with Crippen LogP contribution in [0.1, 0.15) is 0 Å². The van der Waals surface area contributed by atoms with Crippen LogP contribution in [-0.4, -0.2) is 63.6 Å². The molecule has 0 aromatic carbocycles. The van der Waals surface area contributed by atoms with Crippen LogP contribution in [-0.2, 0) is 4.74 Å². The summed E-state index contributed by atoms with van der Waals surface area (Å²) in [6.07, 6.45) is -6.92. The monoisotopic (exact) mass is 221 g/mol. The van der Waals surface area contributed by atoms with Gasteiger partial charge in [-0.1, -0.05) is 0 Å². The van der Waals surface area contributed by atoms with Gasteiger partial charge < -0.3 is 36.6 Å². The summed E-state index contributed by atoms with van der Waals surface area (Å²) in [7, 11) is 0. The summed E-state index contributed by atoms with van der Waals surface area (Å²) < 4.78 is 4.81. The lowest BCUT2D eigenvalue weighted by atomic mass is 9.99. The lowest BCUT2D eigenvalue weighted by Gasteiger charge is -2.37. The molecule has 0 radical (unpaired) electrons. The number of ether oxygens (including phenoxy) is 1. The van der Waals surface area contributed by atoms with Gasteiger partial charge in [0.05, 0.1) is 6.54 Å². The Morgan fingerprint density at radius 3 is 2.20 bits per heavy atom. The van der Waals surface area contributed by atoms with E-state index in [-0.39, 0.29) is 12.5 Å². The van der Waals surface area contributed by atoms with E-state index in [1.54, 1.807) is 0 Å². The molecule has 1 rings (SSSR count). The van der Waals surface area contributed by atoms with Gasteiger partial charge in [0.15, 0.2) is 12.2 Å². The number of rotatable bonds is 2. The van der Waals surface area contributed by atoms with E-state index in [2.05, 4.69) is 4.99 Å². The van der Waals surface area contributed by atoms with Crippen LogP contribution >= 0.6 is 0 Å². The van der Waals surface area contributed by atoms with Crippen molar-refractivity contribution in [2.45, 2.75) is 30.7 Å². The molecular weight excluding hydrogens is 206 g/mol. The third kappa shape index (κ3) is 2.76. The van der Waals surface area contributed by atoms with Crippen molar-refractivity contribution >= 4 is 5.96 Å². The van der Waals surface area contributed by atoms with E-state index in [0.717, 1.165) is 0 Å². The second kappa shape index (κ2) is 4.73. The lowest BCUT2D eigenvalue weighted by molar-refractivity contribution is -0.279. The Morgan fingerprint density at radius 2 is 1.67 bits per heavy atom. The number of aliphatic hydroxyl groups excluding tert-OH is 4. The van der Waals surface area contributed by atoms with Crippen molar-refractivity contribution < 1.29 is 25.2 Å². The lowest BCUT2D eigenvalue weighted by Crippen LogP contribution is -2.58. The molecule has 8 N–H and O–H groups in total. The highest BCUT2D eigenvalue weighted by atomic mass is 16.6. The van der Waals surface area contributed by atoms with Crippen LogP contribution in [0.5, 0.6) is 0 Å². The topological polar surface area (TPSA) is 155 Å². The maximum Gasteiger partial charge on any atom is 0.186 e. The molecule has 15 heavy (non-hydrogen) atoms. The van der Waals surface area contributed by atoms with Gasteiger partial charge in [-0.3, -0.25) is 4.99 Å². The highest BCUT2D eigenvalue weighted by molar-refractivity contribution is 5.75. The summed E-state index contributed by atoms with van der Waals surface area (Å²) in [5.41, 5.74) is 10.1. The summed E-state index contributed by atoms with van der Waals surface area (Å²) in [5.74, 6) is -0.194. The average molecular weight is 221 g/mol. The Balaban J connectivity index is 2.62. The first-order valence-corrected chi connectivity index (χ1v) is 4.36. The molecule has 1 aliphatic rings. The first-order valence-electron chi connectivity index (χ1n) is 4.36. The summed E-state index contributed by atoms with van der Waals surface area (Å²) >= 11 is 0. The minimum atomic E-state index is -1.57. The van der Waals surface area contributed by atoms with Crippen LogP contribution in [0.15, 0.2) is 4.99 Å². The van der Waals surface area contributed by atoms with Crippen LogP contribution in [0.25, 0.3) is 0 Å². The number of hydrogen-bond acceptors (Lipinski definition) is 6. The van der Waals surface area contributed by atoms with Gasteiger partial charge in [0.2, 0.25) is 0 Å². The van der Waals surface area contributed by atoms with E-state index in [1.807, 2.05) is 0 Å². The molecule has 0 aromatic heterocycles. The molecule has 0 amide bonds. The van der Waals surface area contributed by atoms with Gasteiger partial charge in [0, 0.05) is 0 Å². The van der Waals surface area contributed by atoms with Crippen LogP contribution in [0.3, 0.4) is 0 Å². The van der Waals surface area contributed by atoms with Crippen molar-refractivity contribution in [3.05, 3.63) is 0 Å². The third-order valence-electron chi connectivity index (χ3n) is 2.14. The van der Waals surface area contributed by atoms with Gasteiger partial charge in [-0.2, -0.15) is 0 Å². The van der Waals surface area contributed by atoms with Crippen molar-refractivity contribution in [1.29, 1.82) is 0 Å². The van der Waals surface area contributed by atoms with E-state index in [0.29, 0.717) is 0 Å². The maximum atomic E-state index is 9.44. The van der Waals surface area contributed by atoms with E-state index in [1.165, 1.54) is 0 Å². The summed E-state index contributed by atoms with van der Waals surface area (Å²) in [4.78, 5) is 3.58. The van der Waals surface area contributed by atoms with Crippen LogP contribution in [0.2, 0.25) is 0 Å². The van der Waals surface area contributed by atoms with Crippen molar-refractivity contribution in [2.24, 2.45) is 16.5 Å². The number of aliphatic hydroxyl groups is 4. The molecule has 1 heterocycles. The Bertz CT molecular complexity index is 245. The van der Waals surface area contributed by atoms with Crippen LogP contribution in [0.4, 0.5) is 0 Å². The molecule has 8 heteroatoms. The van der Waals surface area contributed by atoms with E-state index >= 15 is 0 Å². The maximum absolute atomic E-state index is 9.44. The average Bonchev–Trinajstić information content (AvgIpc) is 2.18. The molecule has 0 aromatic rings. The molecule has 0 unspecified atom stereocenters. The molecule has 8 nitrogen and oxygen atoms in total. The zero-order chi connectivity index (χ0) is 11.6. The molecule has 0 aliphatic carbocycles. The Kier molecular flexibility index (Phi) is 3.83. The van der Waals surface area contributed by atoms with Gasteiger partial charge >= 0.3 is 0 Å². The van der Waals surface area contributed by atoms with Crippen LogP contribution in [0, 0.1) is 0 Å². The fourth-order valence-electron chi connectivity index (χ4n) is 1.28. The molecule has 0 bridgehead atoms. The highest BCUT2D eigenvalue weighted by Gasteiger charge is 2.42. The smallest absolute Gasteiger partial charge is 0.186 e. The quantitative estimate of drug-likeness (QED) is 0.205. The second-order valence-electron chi connectivity index (χ2n) is 3.30. The van der Waals surface area contributed by atoms with Crippen molar-refractivity contribution in [1.82, 2.24) is 0 Å². The summed E-state index contributed by atoms with van der Waals surface area (Å²) in [6.45, 7) is -0.107.